The number of rotatable bonds is 5. The van der Waals surface area contributed by atoms with Crippen molar-refractivity contribution in [2.75, 3.05) is 20.1 Å². The normalized spacial score (nSPS) is 10.8. The molecule has 1 heterocycles. The summed E-state index contributed by atoms with van der Waals surface area (Å²) in [5.41, 5.74) is 3.64. The van der Waals surface area contributed by atoms with Gasteiger partial charge in [-0.3, -0.25) is 9.67 Å². The lowest BCUT2D eigenvalue weighted by atomic mass is 10.1. The number of aromatic nitrogens is 2. The highest BCUT2D eigenvalue weighted by molar-refractivity contribution is 14.0. The molecule has 19 heavy (non-hydrogen) atoms. The molecule has 1 aromatic heterocycles. The Labute approximate surface area is 132 Å². The van der Waals surface area contributed by atoms with E-state index in [9.17, 15) is 0 Å². The van der Waals surface area contributed by atoms with Crippen LogP contribution in [-0.4, -0.2) is 35.9 Å². The molecule has 2 N–H and O–H groups in total. The second kappa shape index (κ2) is 8.95. The molecular formula is C13H24IN5. The topological polar surface area (TPSA) is 54.2 Å². The summed E-state index contributed by atoms with van der Waals surface area (Å²) in [6.45, 7) is 9.36. The predicted molar refractivity (Wildman–Crippen MR) is 91.4 cm³/mol. The first kappa shape index (κ1) is 17.9. The van der Waals surface area contributed by atoms with Gasteiger partial charge in [-0.1, -0.05) is 6.08 Å². The maximum absolute atomic E-state index is 4.41. The Morgan fingerprint density at radius 2 is 2.11 bits per heavy atom. The summed E-state index contributed by atoms with van der Waals surface area (Å²) in [4.78, 5) is 4.13. The maximum atomic E-state index is 4.41. The van der Waals surface area contributed by atoms with Crippen molar-refractivity contribution >= 4 is 29.9 Å². The molecule has 1 aromatic rings. The molecule has 0 saturated heterocycles. The van der Waals surface area contributed by atoms with Gasteiger partial charge in [0.1, 0.15) is 0 Å². The number of guanidine groups is 1. The highest BCUT2D eigenvalue weighted by Gasteiger charge is 2.08. The third-order valence-corrected chi connectivity index (χ3v) is 2.96. The Morgan fingerprint density at radius 3 is 2.58 bits per heavy atom. The molecule has 6 heteroatoms. The summed E-state index contributed by atoms with van der Waals surface area (Å²) >= 11 is 0. The van der Waals surface area contributed by atoms with E-state index in [0.717, 1.165) is 24.6 Å². The Hall–Kier alpha value is -1.05. The van der Waals surface area contributed by atoms with Gasteiger partial charge in [0, 0.05) is 32.9 Å². The molecule has 0 radical (unpaired) electrons. The van der Waals surface area contributed by atoms with E-state index in [1.165, 1.54) is 11.3 Å². The Morgan fingerprint density at radius 1 is 1.42 bits per heavy atom. The fraction of sp³-hybridized carbons (Fsp3) is 0.538. The first-order valence-electron chi connectivity index (χ1n) is 6.14. The lowest BCUT2D eigenvalue weighted by Gasteiger charge is -2.10. The second-order valence-corrected chi connectivity index (χ2v) is 4.19. The van der Waals surface area contributed by atoms with Crippen molar-refractivity contribution in [1.29, 1.82) is 0 Å². The number of aryl methyl sites for hydroxylation is 2. The maximum Gasteiger partial charge on any atom is 0.191 e. The van der Waals surface area contributed by atoms with E-state index in [1.807, 2.05) is 24.7 Å². The van der Waals surface area contributed by atoms with Gasteiger partial charge in [0.2, 0.25) is 0 Å². The zero-order chi connectivity index (χ0) is 13.5. The van der Waals surface area contributed by atoms with E-state index >= 15 is 0 Å². The molecule has 0 atom stereocenters. The number of hydrogen-bond donors (Lipinski definition) is 2. The van der Waals surface area contributed by atoms with Crippen LogP contribution in [0.5, 0.6) is 0 Å². The smallest absolute Gasteiger partial charge is 0.191 e. The molecule has 0 spiro atoms. The number of hydrogen-bond acceptors (Lipinski definition) is 2. The molecular weight excluding hydrogens is 353 g/mol. The molecule has 0 saturated carbocycles. The second-order valence-electron chi connectivity index (χ2n) is 4.19. The average molecular weight is 377 g/mol. The number of nitrogens with one attached hydrogen (secondary N) is 2. The van der Waals surface area contributed by atoms with Crippen molar-refractivity contribution < 1.29 is 0 Å². The molecule has 0 aromatic carbocycles. The third kappa shape index (κ3) is 5.22. The van der Waals surface area contributed by atoms with Crippen LogP contribution < -0.4 is 10.6 Å². The number of aliphatic imine (C=N–C) groups is 1. The van der Waals surface area contributed by atoms with Crippen molar-refractivity contribution in [1.82, 2.24) is 20.4 Å². The fourth-order valence-corrected chi connectivity index (χ4v) is 1.87. The standard InChI is InChI=1S/C13H23N5.HI/c1-6-8-15-13(14-4)16-9-7-12-10(2)17-18(5)11(12)3;/h6H,1,7-9H2,2-5H3,(H2,14,15,16);1H. The van der Waals surface area contributed by atoms with Crippen LogP contribution in [0.4, 0.5) is 0 Å². The Balaban J connectivity index is 0.00000324. The van der Waals surface area contributed by atoms with Crippen LogP contribution in [0.25, 0.3) is 0 Å². The third-order valence-electron chi connectivity index (χ3n) is 2.96. The van der Waals surface area contributed by atoms with Crippen molar-refractivity contribution in [2.24, 2.45) is 12.0 Å². The minimum Gasteiger partial charge on any atom is -0.356 e. The van der Waals surface area contributed by atoms with Crippen molar-refractivity contribution in [3.63, 3.8) is 0 Å². The van der Waals surface area contributed by atoms with Crippen LogP contribution in [0.1, 0.15) is 17.0 Å². The molecule has 0 aliphatic rings. The van der Waals surface area contributed by atoms with Crippen LogP contribution in [-0.2, 0) is 13.5 Å². The largest absolute Gasteiger partial charge is 0.356 e. The van der Waals surface area contributed by atoms with Gasteiger partial charge in [-0.15, -0.1) is 30.6 Å². The highest BCUT2D eigenvalue weighted by Crippen LogP contribution is 2.11. The average Bonchev–Trinajstić information content (AvgIpc) is 2.59. The van der Waals surface area contributed by atoms with Gasteiger partial charge in [-0.2, -0.15) is 5.10 Å². The Bertz CT molecular complexity index is 436. The first-order chi connectivity index (χ1) is 8.60. The van der Waals surface area contributed by atoms with Gasteiger partial charge >= 0.3 is 0 Å². The lowest BCUT2D eigenvalue weighted by Crippen LogP contribution is -2.38. The van der Waals surface area contributed by atoms with E-state index < -0.39 is 0 Å². The SMILES string of the molecule is C=CCNC(=NC)NCCc1c(C)nn(C)c1C.I. The van der Waals surface area contributed by atoms with E-state index in [1.54, 1.807) is 7.05 Å². The molecule has 108 valence electrons. The molecule has 0 aliphatic carbocycles. The van der Waals surface area contributed by atoms with Gasteiger partial charge in [0.25, 0.3) is 0 Å². The van der Waals surface area contributed by atoms with Gasteiger partial charge in [0.15, 0.2) is 5.96 Å². The molecule has 0 amide bonds. The van der Waals surface area contributed by atoms with Crippen molar-refractivity contribution in [2.45, 2.75) is 20.3 Å². The monoisotopic (exact) mass is 377 g/mol. The van der Waals surface area contributed by atoms with Crippen LogP contribution >= 0.6 is 24.0 Å². The predicted octanol–water partition coefficient (Wildman–Crippen LogP) is 1.55. The van der Waals surface area contributed by atoms with E-state index in [0.29, 0.717) is 6.54 Å². The minimum atomic E-state index is 0. The summed E-state index contributed by atoms with van der Waals surface area (Å²) in [5.74, 6) is 0.800. The summed E-state index contributed by atoms with van der Waals surface area (Å²) in [7, 11) is 3.74. The molecule has 0 fully saturated rings. The van der Waals surface area contributed by atoms with Crippen molar-refractivity contribution in [3.8, 4) is 0 Å². The van der Waals surface area contributed by atoms with Gasteiger partial charge in [-0.25, -0.2) is 0 Å². The molecule has 5 nitrogen and oxygen atoms in total. The molecule has 0 unspecified atom stereocenters. The van der Waals surface area contributed by atoms with E-state index in [-0.39, 0.29) is 24.0 Å². The minimum absolute atomic E-state index is 0. The van der Waals surface area contributed by atoms with Crippen LogP contribution in [0.3, 0.4) is 0 Å². The lowest BCUT2D eigenvalue weighted by molar-refractivity contribution is 0.729. The molecule has 0 bridgehead atoms. The molecule has 1 rings (SSSR count). The summed E-state index contributed by atoms with van der Waals surface area (Å²) in [6.07, 6.45) is 2.75. The zero-order valence-corrected chi connectivity index (χ0v) is 14.5. The number of nitrogens with zero attached hydrogens (tertiary/aromatic N) is 3. The quantitative estimate of drug-likeness (QED) is 0.354. The number of halogens is 1. The summed E-state index contributed by atoms with van der Waals surface area (Å²) in [5, 5.41) is 10.8. The van der Waals surface area contributed by atoms with Crippen molar-refractivity contribution in [3.05, 3.63) is 29.6 Å². The summed E-state index contributed by atoms with van der Waals surface area (Å²) < 4.78 is 1.93. The van der Waals surface area contributed by atoms with E-state index in [4.69, 9.17) is 0 Å². The van der Waals surface area contributed by atoms with Crippen LogP contribution in [0, 0.1) is 13.8 Å². The van der Waals surface area contributed by atoms with E-state index in [2.05, 4.69) is 34.2 Å². The zero-order valence-electron chi connectivity index (χ0n) is 12.2. The Kier molecular flexibility index (Phi) is 8.46. The highest BCUT2D eigenvalue weighted by atomic mass is 127. The van der Waals surface area contributed by atoms with Gasteiger partial charge in [-0.05, 0) is 25.8 Å². The summed E-state index contributed by atoms with van der Waals surface area (Å²) in [6, 6.07) is 0. The first-order valence-corrected chi connectivity index (χ1v) is 6.14. The van der Waals surface area contributed by atoms with Crippen LogP contribution in [0.15, 0.2) is 17.6 Å². The van der Waals surface area contributed by atoms with Crippen LogP contribution in [0.2, 0.25) is 0 Å². The fourth-order valence-electron chi connectivity index (χ4n) is 1.87. The van der Waals surface area contributed by atoms with Gasteiger partial charge < -0.3 is 10.6 Å². The van der Waals surface area contributed by atoms with Gasteiger partial charge in [0.05, 0.1) is 5.69 Å². The molecule has 0 aliphatic heterocycles.